The number of carbonyl (C=O) groups is 1. The lowest BCUT2D eigenvalue weighted by Crippen LogP contribution is -2.44. The Bertz CT molecular complexity index is 1700. The van der Waals surface area contributed by atoms with Crippen LogP contribution in [0.15, 0.2) is 60.9 Å². The number of pyridine rings is 1. The second-order valence-electron chi connectivity index (χ2n) is 10.0. The number of aromatic nitrogens is 3. The van der Waals surface area contributed by atoms with Crippen molar-refractivity contribution in [1.29, 1.82) is 0 Å². The van der Waals surface area contributed by atoms with Crippen LogP contribution >= 0.6 is 0 Å². The number of likely N-dealkylation sites (tertiary alicyclic amines) is 1. The average molecular weight is 595 g/mol. The monoisotopic (exact) mass is 594 g/mol. The number of alkyl halides is 1. The number of anilines is 2. The maximum atomic E-state index is 12.6. The molecule has 1 atom stereocenters. The van der Waals surface area contributed by atoms with Crippen LogP contribution in [0.1, 0.15) is 24.8 Å². The zero-order chi connectivity index (χ0) is 29.7. The molecule has 0 radical (unpaired) electrons. The van der Waals surface area contributed by atoms with E-state index in [1.165, 1.54) is 4.90 Å². The molecule has 2 aromatic carbocycles. The second kappa shape index (κ2) is 12.6. The van der Waals surface area contributed by atoms with E-state index >= 15 is 0 Å². The molecule has 1 fully saturated rings. The van der Waals surface area contributed by atoms with Gasteiger partial charge in [-0.15, -0.1) is 0 Å². The number of benzene rings is 2. The van der Waals surface area contributed by atoms with E-state index in [0.717, 1.165) is 18.4 Å². The molecule has 1 saturated heterocycles. The minimum atomic E-state index is -3.73. The van der Waals surface area contributed by atoms with Crippen molar-refractivity contribution in [3.63, 3.8) is 0 Å². The summed E-state index contributed by atoms with van der Waals surface area (Å²) >= 11 is 0. The number of carboxylic acid groups (broad SMARTS) is 1. The Kier molecular flexibility index (Phi) is 8.67. The first-order chi connectivity index (χ1) is 20.2. The first kappa shape index (κ1) is 29.0. The first-order valence-corrected chi connectivity index (χ1v) is 15.2. The Morgan fingerprint density at radius 2 is 1.98 bits per heavy atom. The van der Waals surface area contributed by atoms with Crippen molar-refractivity contribution in [2.75, 3.05) is 35.6 Å². The van der Waals surface area contributed by atoms with Gasteiger partial charge in [-0.3, -0.25) is 9.11 Å². The van der Waals surface area contributed by atoms with E-state index in [4.69, 9.17) is 4.74 Å². The van der Waals surface area contributed by atoms with Crippen LogP contribution < -0.4 is 14.8 Å². The molecule has 11 nitrogen and oxygen atoms in total. The maximum absolute atomic E-state index is 12.6. The standard InChI is InChI=1S/C29H31FN6O5S/c1-19-10-11-21-22(7-2-9-25(21)35-42(39,40)17-5-13-30)26(19)41-27-23(8-3-14-31-27)24-12-15-32-28(34-24)33-20-6-4-16-36(18-20)29(37)38/h2-3,7-12,14-15,20,35H,4-6,13,16-18H2,1H3,(H,37,38)(H,32,33,34)/t20-/m0/s1. The van der Waals surface area contributed by atoms with E-state index in [0.29, 0.717) is 58.4 Å². The number of ether oxygens (including phenoxy) is 1. The van der Waals surface area contributed by atoms with Crippen molar-refractivity contribution in [2.24, 2.45) is 0 Å². The van der Waals surface area contributed by atoms with Crippen molar-refractivity contribution < 1.29 is 27.4 Å². The van der Waals surface area contributed by atoms with Gasteiger partial charge in [-0.2, -0.15) is 0 Å². The van der Waals surface area contributed by atoms with Gasteiger partial charge in [-0.05, 0) is 56.0 Å². The number of nitrogens with zero attached hydrogens (tertiary/aromatic N) is 4. The molecule has 3 heterocycles. The summed E-state index contributed by atoms with van der Waals surface area (Å²) in [6, 6.07) is 14.1. The molecule has 5 rings (SSSR count). The van der Waals surface area contributed by atoms with Crippen molar-refractivity contribution in [3.8, 4) is 22.9 Å². The highest BCUT2D eigenvalue weighted by Gasteiger charge is 2.24. The van der Waals surface area contributed by atoms with E-state index in [2.05, 4.69) is 25.0 Å². The molecule has 1 amide bonds. The fourth-order valence-electron chi connectivity index (χ4n) is 4.92. The van der Waals surface area contributed by atoms with E-state index in [-0.39, 0.29) is 18.2 Å². The predicted molar refractivity (Wildman–Crippen MR) is 158 cm³/mol. The maximum Gasteiger partial charge on any atom is 0.407 e. The Balaban J connectivity index is 1.44. The molecule has 42 heavy (non-hydrogen) atoms. The van der Waals surface area contributed by atoms with E-state index in [1.54, 1.807) is 36.7 Å². The van der Waals surface area contributed by atoms with Crippen LogP contribution in [0.25, 0.3) is 22.0 Å². The van der Waals surface area contributed by atoms with Gasteiger partial charge in [0.25, 0.3) is 0 Å². The lowest BCUT2D eigenvalue weighted by molar-refractivity contribution is 0.132. The molecule has 13 heteroatoms. The van der Waals surface area contributed by atoms with Gasteiger partial charge in [0, 0.05) is 42.3 Å². The molecule has 1 aliphatic rings. The molecule has 220 valence electrons. The number of amides is 1. The van der Waals surface area contributed by atoms with Crippen LogP contribution in [0.5, 0.6) is 11.6 Å². The van der Waals surface area contributed by atoms with Gasteiger partial charge in [0.1, 0.15) is 5.75 Å². The topological polar surface area (TPSA) is 147 Å². The summed E-state index contributed by atoms with van der Waals surface area (Å²) in [6.07, 6.45) is 3.73. The molecule has 4 aromatic rings. The predicted octanol–water partition coefficient (Wildman–Crippen LogP) is 5.45. The first-order valence-electron chi connectivity index (χ1n) is 13.5. The van der Waals surface area contributed by atoms with Crippen molar-refractivity contribution in [3.05, 3.63) is 66.5 Å². The summed E-state index contributed by atoms with van der Waals surface area (Å²) in [5, 5.41) is 13.9. The third-order valence-corrected chi connectivity index (χ3v) is 8.30. The number of nitrogens with one attached hydrogen (secondary N) is 2. The molecule has 2 aromatic heterocycles. The largest absolute Gasteiger partial charge is 0.465 e. The highest BCUT2D eigenvalue weighted by Crippen LogP contribution is 2.38. The van der Waals surface area contributed by atoms with Crippen molar-refractivity contribution in [1.82, 2.24) is 19.9 Å². The number of rotatable bonds is 10. The summed E-state index contributed by atoms with van der Waals surface area (Å²) in [4.78, 5) is 26.2. The number of sulfonamides is 1. The lowest BCUT2D eigenvalue weighted by Gasteiger charge is -2.31. The van der Waals surface area contributed by atoms with Crippen molar-refractivity contribution >= 4 is 38.5 Å². The van der Waals surface area contributed by atoms with Crippen LogP contribution in [0.3, 0.4) is 0 Å². The molecular formula is C29H31FN6O5S. The fourth-order valence-corrected chi connectivity index (χ4v) is 6.02. The van der Waals surface area contributed by atoms with E-state index < -0.39 is 22.8 Å². The van der Waals surface area contributed by atoms with Crippen molar-refractivity contribution in [2.45, 2.75) is 32.2 Å². The Labute approximate surface area is 242 Å². The quantitative estimate of drug-likeness (QED) is 0.218. The number of aryl methyl sites for hydroxylation is 1. The Hall–Kier alpha value is -4.52. The zero-order valence-corrected chi connectivity index (χ0v) is 23.8. The summed E-state index contributed by atoms with van der Waals surface area (Å²) in [5.41, 5.74) is 2.34. The van der Waals surface area contributed by atoms with Crippen LogP contribution in [-0.4, -0.2) is 71.0 Å². The smallest absolute Gasteiger partial charge is 0.407 e. The molecule has 3 N–H and O–H groups in total. The average Bonchev–Trinajstić information content (AvgIpc) is 2.98. The van der Waals surface area contributed by atoms with Gasteiger partial charge in [0.15, 0.2) is 0 Å². The number of hydrogen-bond acceptors (Lipinski definition) is 8. The summed E-state index contributed by atoms with van der Waals surface area (Å²) in [7, 11) is -3.73. The normalized spacial score (nSPS) is 15.4. The molecule has 0 saturated carbocycles. The Morgan fingerprint density at radius 3 is 2.79 bits per heavy atom. The van der Waals surface area contributed by atoms with Crippen LogP contribution in [0.4, 0.5) is 20.8 Å². The highest BCUT2D eigenvalue weighted by atomic mass is 32.2. The lowest BCUT2D eigenvalue weighted by atomic mass is 10.0. The van der Waals surface area contributed by atoms with Crippen LogP contribution in [0, 0.1) is 6.92 Å². The highest BCUT2D eigenvalue weighted by molar-refractivity contribution is 7.92. The number of piperidine rings is 1. The second-order valence-corrected chi connectivity index (χ2v) is 11.9. The van der Waals surface area contributed by atoms with Gasteiger partial charge in [-0.25, -0.2) is 28.2 Å². The van der Waals surface area contributed by atoms with Crippen LogP contribution in [-0.2, 0) is 10.0 Å². The van der Waals surface area contributed by atoms with Gasteiger partial charge in [0.05, 0.1) is 29.4 Å². The fraction of sp³-hybridized carbons (Fsp3) is 0.310. The molecular weight excluding hydrogens is 563 g/mol. The SMILES string of the molecule is Cc1ccc2c(NS(=O)(=O)CCCF)cccc2c1Oc1ncccc1-c1ccnc(N[C@H]2CCCN(C(=O)O)C2)n1. The van der Waals surface area contributed by atoms with Gasteiger partial charge >= 0.3 is 6.09 Å². The van der Waals surface area contributed by atoms with Gasteiger partial charge in [0.2, 0.25) is 21.9 Å². The number of fused-ring (bicyclic) bond motifs is 1. The third kappa shape index (κ3) is 6.68. The summed E-state index contributed by atoms with van der Waals surface area (Å²) < 4.78 is 46.5. The molecule has 0 bridgehead atoms. The number of hydrogen-bond donors (Lipinski definition) is 3. The van der Waals surface area contributed by atoms with Gasteiger partial charge < -0.3 is 20.1 Å². The summed E-state index contributed by atoms with van der Waals surface area (Å²) in [5.74, 6) is 0.841. The molecule has 0 spiro atoms. The van der Waals surface area contributed by atoms with Crippen LogP contribution in [0.2, 0.25) is 0 Å². The summed E-state index contributed by atoms with van der Waals surface area (Å²) in [6.45, 7) is 2.02. The van der Waals surface area contributed by atoms with E-state index in [9.17, 15) is 22.7 Å². The third-order valence-electron chi connectivity index (χ3n) is 6.95. The molecule has 0 unspecified atom stereocenters. The Morgan fingerprint density at radius 1 is 1.12 bits per heavy atom. The number of halogens is 1. The van der Waals surface area contributed by atoms with E-state index in [1.807, 2.05) is 31.2 Å². The zero-order valence-electron chi connectivity index (χ0n) is 23.0. The molecule has 0 aliphatic carbocycles. The molecule has 1 aliphatic heterocycles. The minimum Gasteiger partial charge on any atom is -0.465 e. The van der Waals surface area contributed by atoms with Gasteiger partial charge in [-0.1, -0.05) is 24.3 Å². The minimum absolute atomic E-state index is 0.0856.